The smallest absolute Gasteiger partial charge is 0.261 e. The Morgan fingerprint density at radius 1 is 1.13 bits per heavy atom. The highest BCUT2D eigenvalue weighted by atomic mass is 32.2. The van der Waals surface area contributed by atoms with Crippen molar-refractivity contribution >= 4 is 32.8 Å². The van der Waals surface area contributed by atoms with Gasteiger partial charge in [0.05, 0.1) is 11.3 Å². The standard InChI is InChI=1S/C22H24N2S.CH4O3S/c1-14-11-17-16-9-6-10-19-21(16)18(12-20(17)24(2)13-14)22(23-19)25-15-7-4-3-5-8-15;1-5(2,3)4/h3-10,14,17,20,23H,11-13H2,1-2H3;1H3,(H,2,3,4)/t14-,17?,20-;/m1./s1. The lowest BCUT2D eigenvalue weighted by Crippen LogP contribution is -2.47. The molecular formula is C23H28N2O3S2. The van der Waals surface area contributed by atoms with Gasteiger partial charge in [-0.15, -0.1) is 0 Å². The average molecular weight is 445 g/mol. The Morgan fingerprint density at radius 2 is 1.83 bits per heavy atom. The molecule has 1 saturated heterocycles. The SMILES string of the molecule is CS(=O)(=O)O.C[C@@H]1CC2c3cccc4[nH]c(Sc5ccccc5)c(c34)C[C@H]2N(C)C1. The Kier molecular flexibility index (Phi) is 5.99. The Balaban J connectivity index is 0.000000393. The number of aromatic nitrogens is 1. The van der Waals surface area contributed by atoms with E-state index in [0.717, 1.165) is 5.92 Å². The molecule has 1 aromatic heterocycles. The van der Waals surface area contributed by atoms with Gasteiger partial charge in [-0.25, -0.2) is 0 Å². The van der Waals surface area contributed by atoms with Crippen LogP contribution in [0.3, 0.4) is 0 Å². The number of rotatable bonds is 2. The second-order valence-corrected chi connectivity index (χ2v) is 11.1. The fraction of sp³-hybridized carbons (Fsp3) is 0.391. The van der Waals surface area contributed by atoms with Crippen LogP contribution in [0.5, 0.6) is 0 Å². The molecule has 5 nitrogen and oxygen atoms in total. The van der Waals surface area contributed by atoms with Crippen LogP contribution in [-0.4, -0.2) is 48.7 Å². The molecule has 2 aromatic carbocycles. The first-order chi connectivity index (χ1) is 14.2. The largest absolute Gasteiger partial charge is 0.349 e. The van der Waals surface area contributed by atoms with Crippen molar-refractivity contribution in [1.29, 1.82) is 0 Å². The van der Waals surface area contributed by atoms with E-state index in [1.807, 2.05) is 11.8 Å². The first kappa shape index (κ1) is 21.4. The molecule has 30 heavy (non-hydrogen) atoms. The molecule has 1 unspecified atom stereocenters. The molecule has 3 atom stereocenters. The van der Waals surface area contributed by atoms with Crippen molar-refractivity contribution < 1.29 is 13.0 Å². The summed E-state index contributed by atoms with van der Waals surface area (Å²) in [6, 6.07) is 18.2. The number of piperidine rings is 1. The highest BCUT2D eigenvalue weighted by molar-refractivity contribution is 7.99. The van der Waals surface area contributed by atoms with Crippen molar-refractivity contribution in [3.05, 3.63) is 59.7 Å². The summed E-state index contributed by atoms with van der Waals surface area (Å²) in [6.45, 7) is 3.62. The molecule has 5 rings (SSSR count). The Morgan fingerprint density at radius 3 is 2.53 bits per heavy atom. The van der Waals surface area contributed by atoms with Crippen molar-refractivity contribution in [3.63, 3.8) is 0 Å². The zero-order valence-electron chi connectivity index (χ0n) is 17.5. The summed E-state index contributed by atoms with van der Waals surface area (Å²) in [5.74, 6) is 1.45. The summed E-state index contributed by atoms with van der Waals surface area (Å²) in [5, 5.41) is 2.84. The lowest BCUT2D eigenvalue weighted by molar-refractivity contribution is 0.119. The van der Waals surface area contributed by atoms with Gasteiger partial charge >= 0.3 is 0 Å². The van der Waals surface area contributed by atoms with Crippen molar-refractivity contribution in [3.8, 4) is 0 Å². The minimum Gasteiger partial charge on any atom is -0.349 e. The third-order valence-corrected chi connectivity index (χ3v) is 7.04. The number of hydrogen-bond donors (Lipinski definition) is 2. The number of hydrogen-bond acceptors (Lipinski definition) is 4. The molecule has 160 valence electrons. The van der Waals surface area contributed by atoms with Gasteiger partial charge in [0.2, 0.25) is 0 Å². The Labute approximate surface area is 182 Å². The van der Waals surface area contributed by atoms with Crippen LogP contribution < -0.4 is 0 Å². The minimum atomic E-state index is -3.67. The normalized spacial score (nSPS) is 23.5. The van der Waals surface area contributed by atoms with Crippen LogP contribution in [-0.2, 0) is 16.5 Å². The monoisotopic (exact) mass is 444 g/mol. The van der Waals surface area contributed by atoms with Crippen LogP contribution in [0, 0.1) is 5.92 Å². The molecule has 2 heterocycles. The number of fused-ring (bicyclic) bond motifs is 2. The van der Waals surface area contributed by atoms with Gasteiger partial charge in [-0.3, -0.25) is 4.55 Å². The molecule has 2 N–H and O–H groups in total. The molecule has 0 bridgehead atoms. The molecule has 1 aliphatic heterocycles. The predicted molar refractivity (Wildman–Crippen MR) is 123 cm³/mol. The summed E-state index contributed by atoms with van der Waals surface area (Å²) in [6.07, 6.45) is 3.20. The molecule has 2 aliphatic rings. The van der Waals surface area contributed by atoms with Gasteiger partial charge < -0.3 is 9.88 Å². The highest BCUT2D eigenvalue weighted by Crippen LogP contribution is 2.47. The van der Waals surface area contributed by atoms with Crippen LogP contribution in [0.15, 0.2) is 58.5 Å². The lowest BCUT2D eigenvalue weighted by atomic mass is 9.73. The van der Waals surface area contributed by atoms with Crippen molar-refractivity contribution in [1.82, 2.24) is 9.88 Å². The zero-order valence-corrected chi connectivity index (χ0v) is 19.1. The number of benzene rings is 2. The predicted octanol–water partition coefficient (Wildman–Crippen LogP) is 4.80. The number of likely N-dealkylation sites (tertiary alicyclic amines) is 1. The Hall–Kier alpha value is -1.80. The van der Waals surface area contributed by atoms with E-state index in [9.17, 15) is 8.42 Å². The fourth-order valence-corrected chi connectivity index (χ4v) is 5.96. The average Bonchev–Trinajstić information content (AvgIpc) is 3.01. The van der Waals surface area contributed by atoms with Crippen LogP contribution in [0.25, 0.3) is 10.9 Å². The zero-order chi connectivity index (χ0) is 21.5. The van der Waals surface area contributed by atoms with Crippen molar-refractivity contribution in [2.45, 2.75) is 41.6 Å². The van der Waals surface area contributed by atoms with E-state index in [-0.39, 0.29) is 0 Å². The first-order valence-electron chi connectivity index (χ1n) is 10.2. The van der Waals surface area contributed by atoms with Gasteiger partial charge in [-0.05, 0) is 55.1 Å². The topological polar surface area (TPSA) is 73.4 Å². The molecule has 3 aromatic rings. The van der Waals surface area contributed by atoms with Gasteiger partial charge in [0.15, 0.2) is 0 Å². The van der Waals surface area contributed by atoms with Gasteiger partial charge in [0.1, 0.15) is 0 Å². The second kappa shape index (κ2) is 8.38. The van der Waals surface area contributed by atoms with E-state index in [2.05, 4.69) is 72.4 Å². The summed E-state index contributed by atoms with van der Waals surface area (Å²) in [7, 11) is -1.35. The van der Waals surface area contributed by atoms with Crippen LogP contribution >= 0.6 is 11.8 Å². The maximum Gasteiger partial charge on any atom is 0.261 e. The molecule has 0 radical (unpaired) electrons. The molecule has 0 saturated carbocycles. The van der Waals surface area contributed by atoms with Crippen LogP contribution in [0.1, 0.15) is 30.4 Å². The maximum atomic E-state index is 9.19. The number of aromatic amines is 1. The fourth-order valence-electron chi connectivity index (χ4n) is 4.96. The number of nitrogens with zero attached hydrogens (tertiary/aromatic N) is 1. The van der Waals surface area contributed by atoms with E-state index >= 15 is 0 Å². The Bertz CT molecular complexity index is 1130. The van der Waals surface area contributed by atoms with Crippen molar-refractivity contribution in [2.24, 2.45) is 5.92 Å². The summed E-state index contributed by atoms with van der Waals surface area (Å²) < 4.78 is 25.9. The van der Waals surface area contributed by atoms with E-state index in [0.29, 0.717) is 18.2 Å². The van der Waals surface area contributed by atoms with E-state index in [1.54, 1.807) is 5.56 Å². The molecule has 0 spiro atoms. The summed E-state index contributed by atoms with van der Waals surface area (Å²) in [4.78, 5) is 7.63. The number of H-pyrrole nitrogens is 1. The highest BCUT2D eigenvalue weighted by Gasteiger charge is 2.39. The lowest BCUT2D eigenvalue weighted by Gasteiger charge is -2.45. The third kappa shape index (κ3) is 4.59. The third-order valence-electron chi connectivity index (χ3n) is 5.98. The first-order valence-corrected chi connectivity index (χ1v) is 12.9. The molecule has 1 aliphatic carbocycles. The second-order valence-electron chi connectivity index (χ2n) is 8.51. The van der Waals surface area contributed by atoms with Gasteiger partial charge in [-0.2, -0.15) is 8.42 Å². The van der Waals surface area contributed by atoms with Gasteiger partial charge in [-0.1, -0.05) is 49.0 Å². The number of likely N-dealkylation sites (N-methyl/N-ethyl adjacent to an activating group) is 1. The van der Waals surface area contributed by atoms with Crippen LogP contribution in [0.4, 0.5) is 0 Å². The molecular weight excluding hydrogens is 416 g/mol. The van der Waals surface area contributed by atoms with Gasteiger partial charge in [0, 0.05) is 34.3 Å². The summed E-state index contributed by atoms with van der Waals surface area (Å²) in [5.41, 5.74) is 4.41. The van der Waals surface area contributed by atoms with Crippen LogP contribution in [0.2, 0.25) is 0 Å². The minimum absolute atomic E-state index is 0.639. The van der Waals surface area contributed by atoms with E-state index in [1.165, 1.54) is 45.8 Å². The van der Waals surface area contributed by atoms with Gasteiger partial charge in [0.25, 0.3) is 10.1 Å². The molecule has 1 fully saturated rings. The molecule has 7 heteroatoms. The maximum absolute atomic E-state index is 9.19. The quantitative estimate of drug-likeness (QED) is 0.555. The van der Waals surface area contributed by atoms with Crippen molar-refractivity contribution in [2.75, 3.05) is 19.8 Å². The summed E-state index contributed by atoms with van der Waals surface area (Å²) >= 11 is 1.87. The number of nitrogens with one attached hydrogen (secondary N) is 1. The van der Waals surface area contributed by atoms with E-state index < -0.39 is 10.1 Å². The van der Waals surface area contributed by atoms with E-state index in [4.69, 9.17) is 4.55 Å². The molecule has 0 amide bonds.